The van der Waals surface area contributed by atoms with E-state index >= 15 is 0 Å². The van der Waals surface area contributed by atoms with Crippen LogP contribution < -0.4 is 15.4 Å². The Kier molecular flexibility index (Phi) is 7.26. The van der Waals surface area contributed by atoms with Gasteiger partial charge in [-0.2, -0.15) is 0 Å². The highest BCUT2D eigenvalue weighted by molar-refractivity contribution is 5.96. The average molecular weight is 478 g/mol. The quantitative estimate of drug-likeness (QED) is 0.338. The molecule has 4 aromatic rings. The van der Waals surface area contributed by atoms with E-state index in [0.717, 1.165) is 22.4 Å². The molecule has 182 valence electrons. The van der Waals surface area contributed by atoms with Crippen molar-refractivity contribution in [2.24, 2.45) is 0 Å². The van der Waals surface area contributed by atoms with Crippen LogP contribution in [-0.2, 0) is 4.74 Å². The summed E-state index contributed by atoms with van der Waals surface area (Å²) in [5.41, 5.74) is 5.10. The van der Waals surface area contributed by atoms with Gasteiger partial charge in [-0.15, -0.1) is 5.10 Å². The zero-order chi connectivity index (χ0) is 24.9. The van der Waals surface area contributed by atoms with Gasteiger partial charge < -0.3 is 20.1 Å². The summed E-state index contributed by atoms with van der Waals surface area (Å²) in [5, 5.41) is 10.8. The SMILES string of the molecule is CCNC(=O)c1ccc(-c2cnc3c(NCCOC)cc(Oc4cc(F)ccc4C)nn23)cc1C. The lowest BCUT2D eigenvalue weighted by Gasteiger charge is -2.13. The minimum atomic E-state index is -0.392. The second-order valence-corrected chi connectivity index (χ2v) is 8.10. The number of aromatic nitrogens is 3. The van der Waals surface area contributed by atoms with Crippen molar-refractivity contribution in [3.63, 3.8) is 0 Å². The molecule has 9 heteroatoms. The number of halogens is 1. The molecule has 0 unspecified atom stereocenters. The molecule has 0 bridgehead atoms. The second kappa shape index (κ2) is 10.5. The van der Waals surface area contributed by atoms with E-state index in [2.05, 4.69) is 20.7 Å². The van der Waals surface area contributed by atoms with Crippen molar-refractivity contribution in [1.29, 1.82) is 0 Å². The van der Waals surface area contributed by atoms with Crippen LogP contribution >= 0.6 is 0 Å². The van der Waals surface area contributed by atoms with E-state index in [0.29, 0.717) is 42.3 Å². The van der Waals surface area contributed by atoms with Gasteiger partial charge >= 0.3 is 0 Å². The molecule has 2 N–H and O–H groups in total. The Bertz CT molecular complexity index is 1370. The zero-order valence-electron chi connectivity index (χ0n) is 20.2. The highest BCUT2D eigenvalue weighted by Gasteiger charge is 2.16. The van der Waals surface area contributed by atoms with Crippen LogP contribution in [0.2, 0.25) is 0 Å². The fourth-order valence-electron chi connectivity index (χ4n) is 3.74. The van der Waals surface area contributed by atoms with Crippen LogP contribution in [0, 0.1) is 19.7 Å². The van der Waals surface area contributed by atoms with Crippen molar-refractivity contribution < 1.29 is 18.7 Å². The molecule has 0 spiro atoms. The molecule has 8 nitrogen and oxygen atoms in total. The number of fused-ring (bicyclic) bond motifs is 1. The van der Waals surface area contributed by atoms with Crippen LogP contribution in [0.25, 0.3) is 16.9 Å². The molecule has 0 aliphatic carbocycles. The van der Waals surface area contributed by atoms with E-state index < -0.39 is 5.82 Å². The van der Waals surface area contributed by atoms with E-state index in [1.807, 2.05) is 32.9 Å². The minimum absolute atomic E-state index is 0.112. The van der Waals surface area contributed by atoms with Gasteiger partial charge in [0.1, 0.15) is 11.6 Å². The lowest BCUT2D eigenvalue weighted by atomic mass is 10.0. The number of hydrogen-bond donors (Lipinski definition) is 2. The van der Waals surface area contributed by atoms with E-state index in [1.165, 1.54) is 12.1 Å². The van der Waals surface area contributed by atoms with Gasteiger partial charge in [0.25, 0.3) is 5.91 Å². The van der Waals surface area contributed by atoms with Crippen LogP contribution in [0.1, 0.15) is 28.4 Å². The van der Waals surface area contributed by atoms with Crippen molar-refractivity contribution in [2.45, 2.75) is 20.8 Å². The molecule has 2 aromatic carbocycles. The number of imidazole rings is 1. The maximum Gasteiger partial charge on any atom is 0.251 e. The molecule has 0 aliphatic rings. The number of amides is 1. The van der Waals surface area contributed by atoms with Gasteiger partial charge in [0, 0.05) is 43.5 Å². The maximum atomic E-state index is 13.8. The number of carbonyl (C=O) groups is 1. The van der Waals surface area contributed by atoms with Crippen molar-refractivity contribution in [3.05, 3.63) is 71.2 Å². The lowest BCUT2D eigenvalue weighted by Crippen LogP contribution is -2.23. The number of ether oxygens (including phenoxy) is 2. The van der Waals surface area contributed by atoms with E-state index in [4.69, 9.17) is 9.47 Å². The van der Waals surface area contributed by atoms with Crippen molar-refractivity contribution in [1.82, 2.24) is 19.9 Å². The van der Waals surface area contributed by atoms with Gasteiger partial charge in [0.15, 0.2) is 5.65 Å². The zero-order valence-corrected chi connectivity index (χ0v) is 20.2. The molecule has 0 atom stereocenters. The molecule has 0 saturated heterocycles. The number of aryl methyl sites for hydroxylation is 2. The molecule has 0 saturated carbocycles. The highest BCUT2D eigenvalue weighted by Crippen LogP contribution is 2.31. The summed E-state index contributed by atoms with van der Waals surface area (Å²) in [5.74, 6) is 0.152. The van der Waals surface area contributed by atoms with Gasteiger partial charge in [0.2, 0.25) is 5.88 Å². The van der Waals surface area contributed by atoms with Crippen LogP contribution in [0.4, 0.5) is 10.1 Å². The first-order valence-corrected chi connectivity index (χ1v) is 11.4. The first-order valence-electron chi connectivity index (χ1n) is 11.4. The Morgan fingerprint density at radius 1 is 1.11 bits per heavy atom. The average Bonchev–Trinajstić information content (AvgIpc) is 3.26. The number of carbonyl (C=O) groups excluding carboxylic acids is 1. The first-order chi connectivity index (χ1) is 16.9. The fraction of sp³-hybridized carbons (Fsp3) is 0.269. The van der Waals surface area contributed by atoms with Gasteiger partial charge in [-0.3, -0.25) is 4.79 Å². The highest BCUT2D eigenvalue weighted by atomic mass is 19.1. The van der Waals surface area contributed by atoms with Gasteiger partial charge in [0.05, 0.1) is 24.2 Å². The monoisotopic (exact) mass is 477 g/mol. The van der Waals surface area contributed by atoms with Crippen molar-refractivity contribution >= 4 is 17.2 Å². The van der Waals surface area contributed by atoms with E-state index in [9.17, 15) is 9.18 Å². The summed E-state index contributed by atoms with van der Waals surface area (Å²) in [6.45, 7) is 7.23. The van der Waals surface area contributed by atoms with Crippen molar-refractivity contribution in [2.75, 3.05) is 32.1 Å². The van der Waals surface area contributed by atoms with Crippen molar-refractivity contribution in [3.8, 4) is 22.9 Å². The summed E-state index contributed by atoms with van der Waals surface area (Å²) >= 11 is 0. The Labute approximate surface area is 203 Å². The molecule has 2 aromatic heterocycles. The number of rotatable bonds is 9. The molecular formula is C26H28FN5O3. The number of hydrogen-bond acceptors (Lipinski definition) is 6. The third kappa shape index (κ3) is 5.25. The number of anilines is 1. The van der Waals surface area contributed by atoms with Crippen LogP contribution in [0.3, 0.4) is 0 Å². The Morgan fingerprint density at radius 3 is 2.69 bits per heavy atom. The third-order valence-corrected chi connectivity index (χ3v) is 5.54. The van der Waals surface area contributed by atoms with Crippen LogP contribution in [0.5, 0.6) is 11.6 Å². The molecule has 2 heterocycles. The molecule has 35 heavy (non-hydrogen) atoms. The number of nitrogens with zero attached hydrogens (tertiary/aromatic N) is 3. The minimum Gasteiger partial charge on any atom is -0.437 e. The van der Waals surface area contributed by atoms with Gasteiger partial charge in [-0.05, 0) is 50.1 Å². The van der Waals surface area contributed by atoms with E-state index in [-0.39, 0.29) is 11.8 Å². The molecule has 4 rings (SSSR count). The van der Waals surface area contributed by atoms with E-state index in [1.54, 1.807) is 36.0 Å². The summed E-state index contributed by atoms with van der Waals surface area (Å²) in [4.78, 5) is 16.9. The topological polar surface area (TPSA) is 89.8 Å². The van der Waals surface area contributed by atoms with Crippen LogP contribution in [0.15, 0.2) is 48.7 Å². The molecule has 0 aliphatic heterocycles. The Hall–Kier alpha value is -3.98. The number of nitrogens with one attached hydrogen (secondary N) is 2. The molecule has 0 radical (unpaired) electrons. The third-order valence-electron chi connectivity index (χ3n) is 5.54. The summed E-state index contributed by atoms with van der Waals surface area (Å²) < 4.78 is 26.6. The van der Waals surface area contributed by atoms with Crippen LogP contribution in [-0.4, -0.2) is 47.3 Å². The smallest absolute Gasteiger partial charge is 0.251 e. The standard InChI is InChI=1S/C26H28FN5O3/c1-5-28-26(33)20-9-7-18(12-17(20)3)22-15-30-25-21(29-10-11-34-4)14-24(31-32(22)25)35-23-13-19(27)8-6-16(23)2/h6-9,12-15,29H,5,10-11H2,1-4H3,(H,28,33). The summed E-state index contributed by atoms with van der Waals surface area (Å²) in [6, 6.07) is 11.7. The predicted molar refractivity (Wildman–Crippen MR) is 133 cm³/mol. The lowest BCUT2D eigenvalue weighted by molar-refractivity contribution is 0.0955. The molecule has 0 fully saturated rings. The maximum absolute atomic E-state index is 13.8. The second-order valence-electron chi connectivity index (χ2n) is 8.10. The number of methoxy groups -OCH3 is 1. The molecular weight excluding hydrogens is 449 g/mol. The predicted octanol–water partition coefficient (Wildman–Crippen LogP) is 4.75. The fourth-order valence-corrected chi connectivity index (χ4v) is 3.74. The first kappa shape index (κ1) is 24.2. The summed E-state index contributed by atoms with van der Waals surface area (Å²) in [6.07, 6.45) is 1.72. The Balaban J connectivity index is 1.78. The Morgan fingerprint density at radius 2 is 1.94 bits per heavy atom. The normalized spacial score (nSPS) is 11.0. The largest absolute Gasteiger partial charge is 0.437 e. The molecule has 1 amide bonds. The van der Waals surface area contributed by atoms with Gasteiger partial charge in [-0.1, -0.05) is 12.1 Å². The number of benzene rings is 2. The van der Waals surface area contributed by atoms with Gasteiger partial charge in [-0.25, -0.2) is 13.9 Å². The summed E-state index contributed by atoms with van der Waals surface area (Å²) in [7, 11) is 1.63.